The highest BCUT2D eigenvalue weighted by atomic mass is 32.1. The maximum absolute atomic E-state index is 11.7. The minimum Gasteiger partial charge on any atom is -0.493 e. The average Bonchev–Trinajstić information content (AvgIpc) is 3.35. The van der Waals surface area contributed by atoms with Gasteiger partial charge in [0.1, 0.15) is 0 Å². The summed E-state index contributed by atoms with van der Waals surface area (Å²) in [6.07, 6.45) is 0. The molecule has 134 valence electrons. The number of carbonyl (C=O) groups is 1. The van der Waals surface area contributed by atoms with Gasteiger partial charge >= 0.3 is 5.97 Å². The Morgan fingerprint density at radius 1 is 1.04 bits per heavy atom. The number of aromatic nitrogens is 3. The van der Waals surface area contributed by atoms with Crippen molar-refractivity contribution in [2.75, 3.05) is 7.11 Å². The van der Waals surface area contributed by atoms with Crippen LogP contribution in [0.25, 0.3) is 27.6 Å². The minimum absolute atomic E-state index is 0.0121. The molecule has 0 radical (unpaired) electrons. The molecule has 2 heterocycles. The van der Waals surface area contributed by atoms with Crippen LogP contribution in [-0.2, 0) is 4.74 Å². The zero-order chi connectivity index (χ0) is 18.8. The van der Waals surface area contributed by atoms with Crippen LogP contribution in [-0.4, -0.2) is 33.0 Å². The largest absolute Gasteiger partial charge is 0.493 e. The van der Waals surface area contributed by atoms with Crippen molar-refractivity contribution in [3.8, 4) is 33.5 Å². The number of hydrogen-bond donors (Lipinski definition) is 1. The van der Waals surface area contributed by atoms with Crippen LogP contribution in [0.5, 0.6) is 5.88 Å². The molecule has 0 saturated heterocycles. The van der Waals surface area contributed by atoms with Gasteiger partial charge in [0.15, 0.2) is 0 Å². The summed E-state index contributed by atoms with van der Waals surface area (Å²) >= 11 is 1.35. The highest BCUT2D eigenvalue weighted by Gasteiger charge is 2.15. The van der Waals surface area contributed by atoms with Crippen molar-refractivity contribution in [2.45, 2.75) is 0 Å². The van der Waals surface area contributed by atoms with Gasteiger partial charge in [-0.3, -0.25) is 0 Å². The normalized spacial score (nSPS) is 10.7. The second-order valence-electron chi connectivity index (χ2n) is 5.75. The molecule has 4 aromatic rings. The Labute approximate surface area is 159 Å². The van der Waals surface area contributed by atoms with E-state index in [1.54, 1.807) is 24.3 Å². The van der Waals surface area contributed by atoms with Crippen LogP contribution in [0.1, 0.15) is 10.4 Å². The maximum Gasteiger partial charge on any atom is 0.337 e. The predicted molar refractivity (Wildman–Crippen MR) is 103 cm³/mol. The maximum atomic E-state index is 11.7. The molecule has 0 aliphatic carbocycles. The third-order valence-electron chi connectivity index (χ3n) is 4.01. The van der Waals surface area contributed by atoms with E-state index in [0.717, 1.165) is 11.1 Å². The Hall–Kier alpha value is -3.45. The third-order valence-corrected chi connectivity index (χ3v) is 4.83. The van der Waals surface area contributed by atoms with E-state index in [2.05, 4.69) is 10.1 Å². The second kappa shape index (κ2) is 7.05. The fraction of sp³-hybridized carbons (Fsp3) is 0.0500. The number of aromatic hydroxyl groups is 1. The lowest BCUT2D eigenvalue weighted by Crippen LogP contribution is -2.00. The van der Waals surface area contributed by atoms with Gasteiger partial charge in [0.25, 0.3) is 0 Å². The van der Waals surface area contributed by atoms with Crippen LogP contribution in [0.2, 0.25) is 0 Å². The molecular formula is C20H15N3O3S. The van der Waals surface area contributed by atoms with Crippen molar-refractivity contribution < 1.29 is 14.6 Å². The zero-order valence-electron chi connectivity index (χ0n) is 14.4. The molecular weight excluding hydrogens is 362 g/mol. The average molecular weight is 377 g/mol. The Kier molecular flexibility index (Phi) is 4.43. The molecule has 2 aromatic carbocycles. The van der Waals surface area contributed by atoms with Crippen molar-refractivity contribution in [1.29, 1.82) is 0 Å². The van der Waals surface area contributed by atoms with Crippen molar-refractivity contribution in [2.24, 2.45) is 0 Å². The molecule has 2 aromatic heterocycles. The van der Waals surface area contributed by atoms with Crippen LogP contribution in [0.4, 0.5) is 0 Å². The van der Waals surface area contributed by atoms with Gasteiger partial charge in [0, 0.05) is 22.6 Å². The van der Waals surface area contributed by atoms with Gasteiger partial charge in [-0.05, 0) is 12.1 Å². The van der Waals surface area contributed by atoms with E-state index in [0.29, 0.717) is 22.1 Å². The first-order chi connectivity index (χ1) is 13.2. The number of ether oxygens (including phenoxy) is 1. The van der Waals surface area contributed by atoms with E-state index in [9.17, 15) is 9.90 Å². The number of thiazole rings is 1. The molecule has 1 N–H and O–H groups in total. The Morgan fingerprint density at radius 2 is 1.81 bits per heavy atom. The quantitative estimate of drug-likeness (QED) is 0.541. The van der Waals surface area contributed by atoms with Crippen molar-refractivity contribution in [3.05, 3.63) is 71.6 Å². The van der Waals surface area contributed by atoms with E-state index < -0.39 is 5.97 Å². The first-order valence-electron chi connectivity index (χ1n) is 8.15. The Bertz CT molecular complexity index is 1100. The summed E-state index contributed by atoms with van der Waals surface area (Å²) in [5, 5.41) is 17.1. The monoisotopic (exact) mass is 377 g/mol. The van der Waals surface area contributed by atoms with Crippen LogP contribution >= 0.6 is 11.3 Å². The van der Waals surface area contributed by atoms with Gasteiger partial charge < -0.3 is 9.84 Å². The van der Waals surface area contributed by atoms with Crippen molar-refractivity contribution >= 4 is 17.3 Å². The summed E-state index contributed by atoms with van der Waals surface area (Å²) in [6.45, 7) is 0. The fourth-order valence-electron chi connectivity index (χ4n) is 2.68. The summed E-state index contributed by atoms with van der Waals surface area (Å²) in [4.78, 5) is 16.3. The number of methoxy groups -OCH3 is 1. The number of rotatable bonds is 4. The molecule has 0 bridgehead atoms. The Balaban J connectivity index is 1.68. The van der Waals surface area contributed by atoms with Crippen molar-refractivity contribution in [1.82, 2.24) is 14.8 Å². The Morgan fingerprint density at radius 3 is 2.59 bits per heavy atom. The SMILES string of the molecule is COC(=O)c1cccc(-c2csc(-n3nc(-c4ccccc4)cc3O)n2)c1. The van der Waals surface area contributed by atoms with Crippen LogP contribution < -0.4 is 0 Å². The van der Waals surface area contributed by atoms with Crippen LogP contribution in [0.15, 0.2) is 66.0 Å². The number of nitrogens with zero attached hydrogens (tertiary/aromatic N) is 3. The lowest BCUT2D eigenvalue weighted by Gasteiger charge is -2.01. The van der Waals surface area contributed by atoms with E-state index in [-0.39, 0.29) is 5.88 Å². The lowest BCUT2D eigenvalue weighted by molar-refractivity contribution is 0.0601. The van der Waals surface area contributed by atoms with E-state index in [1.807, 2.05) is 41.8 Å². The van der Waals surface area contributed by atoms with Gasteiger partial charge in [-0.1, -0.05) is 42.5 Å². The smallest absolute Gasteiger partial charge is 0.337 e. The van der Waals surface area contributed by atoms with Crippen LogP contribution in [0.3, 0.4) is 0 Å². The molecule has 0 saturated carbocycles. The lowest BCUT2D eigenvalue weighted by atomic mass is 10.1. The standard InChI is InChI=1S/C20H15N3O3S/c1-26-19(25)15-9-5-8-14(10-15)17-12-27-20(21-17)23-18(24)11-16(22-23)13-6-3-2-4-7-13/h2-12,24H,1H3. The van der Waals surface area contributed by atoms with Gasteiger partial charge in [0.05, 0.1) is 24.1 Å². The van der Waals surface area contributed by atoms with E-state index >= 15 is 0 Å². The highest BCUT2D eigenvalue weighted by Crippen LogP contribution is 2.29. The molecule has 0 aliphatic rings. The summed E-state index contributed by atoms with van der Waals surface area (Å²) < 4.78 is 6.16. The van der Waals surface area contributed by atoms with Gasteiger partial charge in [-0.2, -0.15) is 9.78 Å². The summed E-state index contributed by atoms with van der Waals surface area (Å²) in [5.41, 5.74) is 3.51. The number of carbonyl (C=O) groups excluding carboxylic acids is 1. The summed E-state index contributed by atoms with van der Waals surface area (Å²) in [7, 11) is 1.35. The highest BCUT2D eigenvalue weighted by molar-refractivity contribution is 7.12. The molecule has 0 unspecified atom stereocenters. The van der Waals surface area contributed by atoms with Gasteiger partial charge in [-0.15, -0.1) is 11.3 Å². The predicted octanol–water partition coefficient (Wildman–Crippen LogP) is 4.16. The molecule has 6 nitrogen and oxygen atoms in total. The number of benzene rings is 2. The third kappa shape index (κ3) is 3.32. The summed E-state index contributed by atoms with van der Waals surface area (Å²) in [5.74, 6) is -0.386. The molecule has 27 heavy (non-hydrogen) atoms. The molecule has 0 fully saturated rings. The topological polar surface area (TPSA) is 77.2 Å². The second-order valence-corrected chi connectivity index (χ2v) is 6.59. The van der Waals surface area contributed by atoms with Gasteiger partial charge in [0.2, 0.25) is 11.0 Å². The molecule has 0 amide bonds. The molecule has 7 heteroatoms. The first-order valence-corrected chi connectivity index (χ1v) is 9.03. The minimum atomic E-state index is -0.399. The number of esters is 1. The molecule has 0 aliphatic heterocycles. The molecule has 0 spiro atoms. The zero-order valence-corrected chi connectivity index (χ0v) is 15.2. The molecule has 0 atom stereocenters. The van der Waals surface area contributed by atoms with E-state index in [4.69, 9.17) is 4.74 Å². The van der Waals surface area contributed by atoms with E-state index in [1.165, 1.54) is 23.1 Å². The first kappa shape index (κ1) is 17.0. The van der Waals surface area contributed by atoms with Crippen LogP contribution in [0, 0.1) is 0 Å². The number of hydrogen-bond acceptors (Lipinski definition) is 6. The fourth-order valence-corrected chi connectivity index (χ4v) is 3.47. The molecule has 4 rings (SSSR count). The van der Waals surface area contributed by atoms with Gasteiger partial charge in [-0.25, -0.2) is 9.78 Å². The van der Waals surface area contributed by atoms with Crippen molar-refractivity contribution in [3.63, 3.8) is 0 Å². The summed E-state index contributed by atoms with van der Waals surface area (Å²) in [6, 6.07) is 18.3.